The SMILES string of the molecule is CN(Cc1ccncc1)[C@@H]1CCC[C@@H]2CN(C3CCOCC3)C[C@@H]21. The van der Waals surface area contributed by atoms with Crippen molar-refractivity contribution in [1.29, 1.82) is 0 Å². The molecule has 0 aromatic carbocycles. The first-order chi connectivity index (χ1) is 11.8. The Bertz CT molecular complexity index is 517. The second kappa shape index (κ2) is 7.51. The topological polar surface area (TPSA) is 28.6 Å². The number of rotatable bonds is 4. The summed E-state index contributed by atoms with van der Waals surface area (Å²) in [6.07, 6.45) is 10.5. The first-order valence-electron chi connectivity index (χ1n) is 9.72. The summed E-state index contributed by atoms with van der Waals surface area (Å²) in [7, 11) is 2.32. The number of aromatic nitrogens is 1. The molecule has 0 amide bonds. The molecule has 0 radical (unpaired) electrons. The lowest BCUT2D eigenvalue weighted by molar-refractivity contribution is 0.0390. The molecule has 1 aromatic heterocycles. The van der Waals surface area contributed by atoms with Gasteiger partial charge in [-0.2, -0.15) is 0 Å². The lowest BCUT2D eigenvalue weighted by atomic mass is 9.77. The summed E-state index contributed by atoms with van der Waals surface area (Å²) < 4.78 is 5.56. The van der Waals surface area contributed by atoms with Gasteiger partial charge in [0, 0.05) is 57.3 Å². The molecule has 3 aliphatic rings. The van der Waals surface area contributed by atoms with E-state index in [9.17, 15) is 0 Å². The van der Waals surface area contributed by atoms with E-state index in [1.54, 1.807) is 0 Å². The van der Waals surface area contributed by atoms with Gasteiger partial charge in [-0.15, -0.1) is 0 Å². The zero-order chi connectivity index (χ0) is 16.4. The van der Waals surface area contributed by atoms with Crippen LogP contribution in [0.2, 0.25) is 0 Å². The van der Waals surface area contributed by atoms with Crippen molar-refractivity contribution >= 4 is 0 Å². The number of nitrogens with zero attached hydrogens (tertiary/aromatic N) is 3. The minimum Gasteiger partial charge on any atom is -0.381 e. The minimum absolute atomic E-state index is 0.738. The van der Waals surface area contributed by atoms with Gasteiger partial charge in [-0.3, -0.25) is 14.8 Å². The van der Waals surface area contributed by atoms with Gasteiger partial charge in [-0.05, 0) is 62.3 Å². The molecule has 1 aliphatic carbocycles. The molecule has 3 fully saturated rings. The van der Waals surface area contributed by atoms with Crippen LogP contribution < -0.4 is 0 Å². The van der Waals surface area contributed by atoms with Gasteiger partial charge in [0.15, 0.2) is 0 Å². The molecule has 3 heterocycles. The van der Waals surface area contributed by atoms with E-state index in [0.29, 0.717) is 0 Å². The van der Waals surface area contributed by atoms with Crippen LogP contribution in [0.1, 0.15) is 37.7 Å². The molecule has 1 saturated carbocycles. The smallest absolute Gasteiger partial charge is 0.0480 e. The average Bonchev–Trinajstić information content (AvgIpc) is 3.07. The third-order valence-corrected chi connectivity index (χ3v) is 6.54. The summed E-state index contributed by atoms with van der Waals surface area (Å²) in [5.41, 5.74) is 1.38. The van der Waals surface area contributed by atoms with E-state index < -0.39 is 0 Å². The minimum atomic E-state index is 0.738. The van der Waals surface area contributed by atoms with Crippen molar-refractivity contribution in [2.24, 2.45) is 11.8 Å². The molecule has 132 valence electrons. The van der Waals surface area contributed by atoms with Crippen molar-refractivity contribution in [1.82, 2.24) is 14.8 Å². The molecule has 4 heteroatoms. The molecular formula is C20H31N3O. The summed E-state index contributed by atoms with van der Waals surface area (Å²) in [6, 6.07) is 5.82. The molecule has 1 aromatic rings. The monoisotopic (exact) mass is 329 g/mol. The van der Waals surface area contributed by atoms with Gasteiger partial charge < -0.3 is 4.74 Å². The van der Waals surface area contributed by atoms with Gasteiger partial charge in [-0.1, -0.05) is 6.42 Å². The van der Waals surface area contributed by atoms with Crippen LogP contribution in [-0.4, -0.2) is 60.2 Å². The molecule has 0 N–H and O–H groups in total. The fourth-order valence-electron chi connectivity index (χ4n) is 5.26. The van der Waals surface area contributed by atoms with Crippen LogP contribution in [0.3, 0.4) is 0 Å². The van der Waals surface area contributed by atoms with E-state index >= 15 is 0 Å². The molecule has 0 spiro atoms. The number of ether oxygens (including phenoxy) is 1. The number of pyridine rings is 1. The van der Waals surface area contributed by atoms with Crippen LogP contribution in [0, 0.1) is 11.8 Å². The van der Waals surface area contributed by atoms with Crippen LogP contribution in [0.15, 0.2) is 24.5 Å². The van der Waals surface area contributed by atoms with E-state index in [2.05, 4.69) is 34.0 Å². The van der Waals surface area contributed by atoms with Crippen molar-refractivity contribution in [2.45, 2.75) is 50.7 Å². The Kier molecular flexibility index (Phi) is 5.16. The molecule has 24 heavy (non-hydrogen) atoms. The van der Waals surface area contributed by atoms with Crippen molar-refractivity contribution < 1.29 is 4.74 Å². The van der Waals surface area contributed by atoms with E-state index in [1.165, 1.54) is 50.8 Å². The summed E-state index contributed by atoms with van der Waals surface area (Å²) in [5.74, 6) is 1.76. The van der Waals surface area contributed by atoms with Gasteiger partial charge in [0.2, 0.25) is 0 Å². The average molecular weight is 329 g/mol. The quantitative estimate of drug-likeness (QED) is 0.849. The lowest BCUT2D eigenvalue weighted by Crippen LogP contribution is -2.44. The van der Waals surface area contributed by atoms with Crippen LogP contribution in [0.25, 0.3) is 0 Å². The molecule has 2 saturated heterocycles. The van der Waals surface area contributed by atoms with Crippen LogP contribution in [0.5, 0.6) is 0 Å². The highest BCUT2D eigenvalue weighted by molar-refractivity contribution is 5.10. The molecule has 4 nitrogen and oxygen atoms in total. The Hall–Kier alpha value is -0.970. The molecule has 2 aliphatic heterocycles. The Morgan fingerprint density at radius 2 is 1.92 bits per heavy atom. The molecule has 0 bridgehead atoms. The highest BCUT2D eigenvalue weighted by atomic mass is 16.5. The summed E-state index contributed by atoms with van der Waals surface area (Å²) in [5, 5.41) is 0. The largest absolute Gasteiger partial charge is 0.381 e. The third-order valence-electron chi connectivity index (χ3n) is 6.54. The third kappa shape index (κ3) is 3.51. The molecule has 3 atom stereocenters. The highest BCUT2D eigenvalue weighted by Crippen LogP contribution is 2.40. The number of fused-ring (bicyclic) bond motifs is 1. The zero-order valence-corrected chi connectivity index (χ0v) is 14.9. The highest BCUT2D eigenvalue weighted by Gasteiger charge is 2.43. The van der Waals surface area contributed by atoms with E-state index in [0.717, 1.165) is 43.7 Å². The van der Waals surface area contributed by atoms with Crippen LogP contribution >= 0.6 is 0 Å². The molecule has 4 rings (SSSR count). The molecular weight excluding hydrogens is 298 g/mol. The Morgan fingerprint density at radius 3 is 2.71 bits per heavy atom. The summed E-state index contributed by atoms with van der Waals surface area (Å²) >= 11 is 0. The Balaban J connectivity index is 1.40. The number of hydrogen-bond acceptors (Lipinski definition) is 4. The summed E-state index contributed by atoms with van der Waals surface area (Å²) in [6.45, 7) is 5.60. The first-order valence-corrected chi connectivity index (χ1v) is 9.72. The number of hydrogen-bond donors (Lipinski definition) is 0. The second-order valence-corrected chi connectivity index (χ2v) is 7.99. The van der Waals surface area contributed by atoms with Crippen molar-refractivity contribution in [3.8, 4) is 0 Å². The first kappa shape index (κ1) is 16.5. The normalized spacial score (nSPS) is 32.2. The van der Waals surface area contributed by atoms with Crippen LogP contribution in [0.4, 0.5) is 0 Å². The predicted molar refractivity (Wildman–Crippen MR) is 95.7 cm³/mol. The number of likely N-dealkylation sites (tertiary alicyclic amines) is 1. The second-order valence-electron chi connectivity index (χ2n) is 7.99. The lowest BCUT2D eigenvalue weighted by Gasteiger charge is -2.39. The van der Waals surface area contributed by atoms with Gasteiger partial charge in [0.25, 0.3) is 0 Å². The van der Waals surface area contributed by atoms with Crippen molar-refractivity contribution in [3.05, 3.63) is 30.1 Å². The maximum Gasteiger partial charge on any atom is 0.0480 e. The Labute approximate surface area is 146 Å². The van der Waals surface area contributed by atoms with Crippen molar-refractivity contribution in [2.75, 3.05) is 33.4 Å². The van der Waals surface area contributed by atoms with E-state index in [1.807, 2.05) is 12.4 Å². The fraction of sp³-hybridized carbons (Fsp3) is 0.750. The van der Waals surface area contributed by atoms with E-state index in [-0.39, 0.29) is 0 Å². The summed E-state index contributed by atoms with van der Waals surface area (Å²) in [4.78, 5) is 9.56. The van der Waals surface area contributed by atoms with Gasteiger partial charge in [0.1, 0.15) is 0 Å². The van der Waals surface area contributed by atoms with Crippen LogP contribution in [-0.2, 0) is 11.3 Å². The maximum atomic E-state index is 5.56. The molecule has 0 unspecified atom stereocenters. The fourth-order valence-corrected chi connectivity index (χ4v) is 5.26. The maximum absolute atomic E-state index is 5.56. The zero-order valence-electron chi connectivity index (χ0n) is 14.9. The van der Waals surface area contributed by atoms with E-state index in [4.69, 9.17) is 4.74 Å². The standard InChI is InChI=1S/C20H31N3O/c1-22(13-16-5-9-21-10-6-16)20-4-2-3-17-14-23(15-19(17)20)18-7-11-24-12-8-18/h5-6,9-10,17-20H,2-4,7-8,11-15H2,1H3/t17-,19+,20-/m1/s1. The van der Waals surface area contributed by atoms with Crippen molar-refractivity contribution in [3.63, 3.8) is 0 Å². The predicted octanol–water partition coefficient (Wildman–Crippen LogP) is 2.79. The van der Waals surface area contributed by atoms with Gasteiger partial charge >= 0.3 is 0 Å². The van der Waals surface area contributed by atoms with Gasteiger partial charge in [-0.25, -0.2) is 0 Å². The Morgan fingerprint density at radius 1 is 1.12 bits per heavy atom. The van der Waals surface area contributed by atoms with Gasteiger partial charge in [0.05, 0.1) is 0 Å².